The van der Waals surface area contributed by atoms with Crippen LogP contribution in [0, 0.1) is 11.8 Å². The van der Waals surface area contributed by atoms with Gasteiger partial charge in [0.15, 0.2) is 17.3 Å². The number of hydrogen-bond acceptors (Lipinski definition) is 5. The second-order valence-corrected chi connectivity index (χ2v) is 9.63. The Balaban J connectivity index is 1.50. The molecule has 0 bridgehead atoms. The largest absolute Gasteiger partial charge is 0.298 e. The van der Waals surface area contributed by atoms with Gasteiger partial charge in [-0.05, 0) is 28.8 Å². The Morgan fingerprint density at radius 3 is 2.24 bits per heavy atom. The second kappa shape index (κ2) is 7.59. The first-order chi connectivity index (χ1) is 16.1. The van der Waals surface area contributed by atoms with Gasteiger partial charge in [-0.2, -0.15) is 5.10 Å². The highest BCUT2D eigenvalue weighted by Crippen LogP contribution is 2.55. The van der Waals surface area contributed by atoms with Crippen LogP contribution in [0.2, 0.25) is 0 Å². The Labute approximate surface area is 199 Å². The standard InChI is InChI=1S/C27H19BrN2O3/c28-18-12-10-16(11-13-18)25(31)24-22-21(23-19-9-5-4-8-17(19)14-29-30(23)24)26(32)20(27(22)33)15-6-2-1-3-7-15/h1-14,20-24H/t20-,21-,22-,23+,24+/m1/s1. The van der Waals surface area contributed by atoms with E-state index in [9.17, 15) is 14.4 Å². The maximum Gasteiger partial charge on any atom is 0.187 e. The van der Waals surface area contributed by atoms with Crippen molar-refractivity contribution in [2.24, 2.45) is 16.9 Å². The van der Waals surface area contributed by atoms with E-state index in [0.717, 1.165) is 15.6 Å². The van der Waals surface area contributed by atoms with Crippen LogP contribution in [0.15, 0.2) is 88.4 Å². The molecule has 1 aliphatic carbocycles. The molecule has 6 rings (SSSR count). The van der Waals surface area contributed by atoms with Crippen LogP contribution >= 0.6 is 15.9 Å². The lowest BCUT2D eigenvalue weighted by molar-refractivity contribution is -0.126. The van der Waals surface area contributed by atoms with Crippen molar-refractivity contribution in [1.29, 1.82) is 0 Å². The number of nitrogens with zero attached hydrogens (tertiary/aromatic N) is 2. The van der Waals surface area contributed by atoms with Crippen molar-refractivity contribution < 1.29 is 14.4 Å². The van der Waals surface area contributed by atoms with Gasteiger partial charge in [-0.1, -0.05) is 82.7 Å². The quantitative estimate of drug-likeness (QED) is 0.391. The summed E-state index contributed by atoms with van der Waals surface area (Å²) in [4.78, 5) is 41.4. The summed E-state index contributed by atoms with van der Waals surface area (Å²) in [7, 11) is 0. The fraction of sp³-hybridized carbons (Fsp3) is 0.185. The van der Waals surface area contributed by atoms with Gasteiger partial charge in [0, 0.05) is 10.0 Å². The molecule has 5 nitrogen and oxygen atoms in total. The van der Waals surface area contributed by atoms with Crippen molar-refractivity contribution >= 4 is 39.5 Å². The zero-order valence-electron chi connectivity index (χ0n) is 17.5. The molecule has 33 heavy (non-hydrogen) atoms. The lowest BCUT2D eigenvalue weighted by Gasteiger charge is -2.33. The van der Waals surface area contributed by atoms with Crippen LogP contribution < -0.4 is 0 Å². The summed E-state index contributed by atoms with van der Waals surface area (Å²) < 4.78 is 0.863. The molecular weight excluding hydrogens is 480 g/mol. The molecule has 3 aromatic carbocycles. The van der Waals surface area contributed by atoms with Crippen LogP contribution in [0.5, 0.6) is 0 Å². The van der Waals surface area contributed by atoms with Crippen molar-refractivity contribution in [2.75, 3.05) is 0 Å². The number of carbonyl (C=O) groups excluding carboxylic acids is 3. The van der Waals surface area contributed by atoms with Crippen LogP contribution in [0.4, 0.5) is 0 Å². The van der Waals surface area contributed by atoms with Crippen LogP contribution in [0.25, 0.3) is 0 Å². The summed E-state index contributed by atoms with van der Waals surface area (Å²) in [6.07, 6.45) is 1.72. The average Bonchev–Trinajstić information content (AvgIpc) is 3.32. The van der Waals surface area contributed by atoms with Crippen molar-refractivity contribution in [3.8, 4) is 0 Å². The molecule has 3 aliphatic rings. The van der Waals surface area contributed by atoms with Gasteiger partial charge < -0.3 is 0 Å². The van der Waals surface area contributed by atoms with Crippen LogP contribution in [-0.2, 0) is 9.59 Å². The minimum Gasteiger partial charge on any atom is -0.298 e. The van der Waals surface area contributed by atoms with Gasteiger partial charge in [-0.25, -0.2) is 0 Å². The topological polar surface area (TPSA) is 66.8 Å². The second-order valence-electron chi connectivity index (χ2n) is 8.71. The molecule has 5 atom stereocenters. The Hall–Kier alpha value is -3.38. The average molecular weight is 499 g/mol. The van der Waals surface area contributed by atoms with E-state index in [0.29, 0.717) is 11.1 Å². The van der Waals surface area contributed by atoms with Crippen molar-refractivity contribution in [2.45, 2.75) is 18.0 Å². The van der Waals surface area contributed by atoms with Gasteiger partial charge in [0.2, 0.25) is 0 Å². The summed E-state index contributed by atoms with van der Waals surface area (Å²) in [6.45, 7) is 0. The lowest BCUT2D eigenvalue weighted by atomic mass is 9.83. The van der Waals surface area contributed by atoms with Crippen LogP contribution in [0.3, 0.4) is 0 Å². The van der Waals surface area contributed by atoms with Gasteiger partial charge >= 0.3 is 0 Å². The van der Waals surface area contributed by atoms with Crippen LogP contribution in [0.1, 0.15) is 39.0 Å². The molecule has 0 amide bonds. The molecular formula is C27H19BrN2O3. The predicted octanol–water partition coefficient (Wildman–Crippen LogP) is 4.57. The molecule has 2 fully saturated rings. The SMILES string of the molecule is O=C1[C@H](c2ccccc2)C(=O)[C@@H]2[C@@H]1[C@@H](C(=O)c1ccc(Br)cc1)N1N=Cc3ccccc3[C@@H]21. The fourth-order valence-corrected chi connectivity index (χ4v) is 5.90. The molecule has 0 unspecified atom stereocenters. The van der Waals surface area contributed by atoms with E-state index >= 15 is 0 Å². The minimum atomic E-state index is -0.846. The first-order valence-electron chi connectivity index (χ1n) is 10.9. The Kier molecular flexibility index (Phi) is 4.66. The smallest absolute Gasteiger partial charge is 0.187 e. The highest BCUT2D eigenvalue weighted by molar-refractivity contribution is 9.10. The molecule has 3 aromatic rings. The van der Waals surface area contributed by atoms with E-state index in [4.69, 9.17) is 0 Å². The first-order valence-corrected chi connectivity index (χ1v) is 11.7. The summed E-state index contributed by atoms with van der Waals surface area (Å²) in [6, 6.07) is 22.8. The number of carbonyl (C=O) groups is 3. The fourth-order valence-electron chi connectivity index (χ4n) is 5.63. The van der Waals surface area contributed by atoms with E-state index in [1.807, 2.05) is 54.6 Å². The highest BCUT2D eigenvalue weighted by Gasteiger charge is 2.65. The molecule has 2 heterocycles. The maximum absolute atomic E-state index is 13.8. The zero-order valence-corrected chi connectivity index (χ0v) is 19.1. The van der Waals surface area contributed by atoms with Crippen molar-refractivity contribution in [3.05, 3.63) is 106 Å². The van der Waals surface area contributed by atoms with Crippen LogP contribution in [-0.4, -0.2) is 34.6 Å². The number of ketones is 3. The summed E-state index contributed by atoms with van der Waals surface area (Å²) in [5.74, 6) is -2.70. The summed E-state index contributed by atoms with van der Waals surface area (Å²) in [5, 5.41) is 6.31. The van der Waals surface area contributed by atoms with E-state index in [1.165, 1.54) is 0 Å². The van der Waals surface area contributed by atoms with E-state index in [2.05, 4.69) is 21.0 Å². The van der Waals surface area contributed by atoms with Gasteiger partial charge in [0.1, 0.15) is 12.0 Å². The molecule has 0 N–H and O–H groups in total. The first kappa shape index (κ1) is 20.2. The van der Waals surface area contributed by atoms with Gasteiger partial charge in [-0.15, -0.1) is 0 Å². The third-order valence-corrected chi connectivity index (χ3v) is 7.57. The number of Topliss-reactive ketones (excluding diaryl/α,β-unsaturated/α-hetero) is 3. The number of fused-ring (bicyclic) bond motifs is 5. The van der Waals surface area contributed by atoms with E-state index in [1.54, 1.807) is 35.5 Å². The van der Waals surface area contributed by atoms with Gasteiger partial charge in [0.25, 0.3) is 0 Å². The number of benzene rings is 3. The number of rotatable bonds is 3. The Morgan fingerprint density at radius 2 is 1.48 bits per heavy atom. The minimum absolute atomic E-state index is 0.121. The van der Waals surface area contributed by atoms with Crippen molar-refractivity contribution in [1.82, 2.24) is 5.01 Å². The number of hydrazone groups is 1. The molecule has 162 valence electrons. The molecule has 0 spiro atoms. The Morgan fingerprint density at radius 1 is 0.818 bits per heavy atom. The molecule has 0 radical (unpaired) electrons. The predicted molar refractivity (Wildman–Crippen MR) is 127 cm³/mol. The molecule has 1 saturated carbocycles. The Bertz CT molecular complexity index is 1320. The monoisotopic (exact) mass is 498 g/mol. The summed E-state index contributed by atoms with van der Waals surface area (Å²) >= 11 is 3.40. The number of hydrogen-bond donors (Lipinski definition) is 0. The molecule has 6 heteroatoms. The maximum atomic E-state index is 13.8. The molecule has 1 saturated heterocycles. The zero-order chi connectivity index (χ0) is 22.7. The highest BCUT2D eigenvalue weighted by atomic mass is 79.9. The molecule has 2 aliphatic heterocycles. The third-order valence-electron chi connectivity index (χ3n) is 7.04. The number of halogens is 1. The summed E-state index contributed by atoms with van der Waals surface area (Å²) in [5.41, 5.74) is 3.04. The normalized spacial score (nSPS) is 27.3. The van der Waals surface area contributed by atoms with Gasteiger partial charge in [0.05, 0.1) is 24.1 Å². The van der Waals surface area contributed by atoms with Gasteiger partial charge in [-0.3, -0.25) is 19.4 Å². The van der Waals surface area contributed by atoms with E-state index < -0.39 is 29.8 Å². The lowest BCUT2D eigenvalue weighted by Crippen LogP contribution is -2.41. The third kappa shape index (κ3) is 2.97. The van der Waals surface area contributed by atoms with Crippen molar-refractivity contribution in [3.63, 3.8) is 0 Å². The molecule has 0 aromatic heterocycles. The van der Waals surface area contributed by atoms with E-state index in [-0.39, 0.29) is 17.3 Å².